The van der Waals surface area contributed by atoms with Crippen molar-refractivity contribution in [1.29, 1.82) is 5.26 Å². The van der Waals surface area contributed by atoms with Crippen molar-refractivity contribution in [1.82, 2.24) is 4.90 Å². The lowest BCUT2D eigenvalue weighted by Crippen LogP contribution is -2.47. The number of fused-ring (bicyclic) bond motifs is 1. The van der Waals surface area contributed by atoms with E-state index in [1.807, 2.05) is 12.1 Å². The Labute approximate surface area is 193 Å². The molecule has 9 heteroatoms. The van der Waals surface area contributed by atoms with Gasteiger partial charge in [-0.1, -0.05) is 42.5 Å². The molecule has 0 saturated carbocycles. The fourth-order valence-electron chi connectivity index (χ4n) is 3.50. The lowest BCUT2D eigenvalue weighted by atomic mass is 10.0. The van der Waals surface area contributed by atoms with Crippen LogP contribution in [0.1, 0.15) is 31.8 Å². The summed E-state index contributed by atoms with van der Waals surface area (Å²) in [5.41, 5.74) is 1.45. The highest BCUT2D eigenvalue weighted by Gasteiger charge is 2.43. The van der Waals surface area contributed by atoms with Crippen LogP contribution >= 0.6 is 11.3 Å². The number of thiophene rings is 1. The lowest BCUT2D eigenvalue weighted by molar-refractivity contribution is -0.151. The molecule has 33 heavy (non-hydrogen) atoms. The summed E-state index contributed by atoms with van der Waals surface area (Å²) in [5, 5.41) is 13.6. The van der Waals surface area contributed by atoms with Gasteiger partial charge in [-0.2, -0.15) is 5.26 Å². The van der Waals surface area contributed by atoms with Gasteiger partial charge in [0.2, 0.25) is 0 Å². The van der Waals surface area contributed by atoms with E-state index in [1.54, 1.807) is 47.8 Å². The summed E-state index contributed by atoms with van der Waals surface area (Å²) in [4.78, 5) is 52.1. The Morgan fingerprint density at radius 2 is 1.64 bits per heavy atom. The Kier molecular flexibility index (Phi) is 6.29. The van der Waals surface area contributed by atoms with Gasteiger partial charge >= 0.3 is 5.97 Å². The molecule has 3 amide bonds. The number of amides is 3. The van der Waals surface area contributed by atoms with Gasteiger partial charge in [-0.3, -0.25) is 19.3 Å². The Balaban J connectivity index is 1.52. The molecule has 164 valence electrons. The normalized spacial score (nSPS) is 13.2. The maximum Gasteiger partial charge on any atom is 0.330 e. The number of nitriles is 1. The van der Waals surface area contributed by atoms with Crippen molar-refractivity contribution in [2.24, 2.45) is 0 Å². The van der Waals surface area contributed by atoms with Crippen molar-refractivity contribution in [2.45, 2.75) is 12.5 Å². The van der Waals surface area contributed by atoms with Crippen molar-refractivity contribution >= 4 is 40.0 Å². The van der Waals surface area contributed by atoms with Crippen LogP contribution in [0.5, 0.6) is 0 Å². The molecule has 3 aromatic rings. The maximum absolute atomic E-state index is 13.0. The van der Waals surface area contributed by atoms with Gasteiger partial charge in [-0.15, -0.1) is 11.3 Å². The van der Waals surface area contributed by atoms with Gasteiger partial charge in [0, 0.05) is 6.42 Å². The number of nitrogens with one attached hydrogen (secondary N) is 1. The highest BCUT2D eigenvalue weighted by atomic mass is 32.1. The number of carbonyl (C=O) groups excluding carboxylic acids is 4. The van der Waals surface area contributed by atoms with E-state index in [1.165, 1.54) is 23.5 Å². The number of nitrogens with zero attached hydrogens (tertiary/aromatic N) is 2. The van der Waals surface area contributed by atoms with E-state index >= 15 is 0 Å². The van der Waals surface area contributed by atoms with Crippen LogP contribution < -0.4 is 5.32 Å². The molecule has 0 aliphatic carbocycles. The second kappa shape index (κ2) is 9.46. The van der Waals surface area contributed by atoms with E-state index in [-0.39, 0.29) is 17.5 Å². The molecule has 1 aliphatic heterocycles. The first-order chi connectivity index (χ1) is 16.0. The number of hydrogen-bond donors (Lipinski definition) is 1. The molecule has 2 aromatic carbocycles. The first kappa shape index (κ1) is 21.9. The molecule has 0 spiro atoms. The molecule has 0 unspecified atom stereocenters. The largest absolute Gasteiger partial charge is 0.454 e. The third kappa shape index (κ3) is 4.51. The number of anilines is 1. The third-order valence-corrected chi connectivity index (χ3v) is 5.90. The fourth-order valence-corrected chi connectivity index (χ4v) is 4.25. The van der Waals surface area contributed by atoms with Gasteiger partial charge in [0.25, 0.3) is 17.7 Å². The first-order valence-corrected chi connectivity index (χ1v) is 10.8. The highest BCUT2D eigenvalue weighted by molar-refractivity contribution is 7.14. The minimum atomic E-state index is -1.25. The first-order valence-electron chi connectivity index (χ1n) is 9.94. The van der Waals surface area contributed by atoms with Crippen molar-refractivity contribution in [2.75, 3.05) is 11.9 Å². The number of esters is 1. The summed E-state index contributed by atoms with van der Waals surface area (Å²) in [6.45, 7) is -0.629. The summed E-state index contributed by atoms with van der Waals surface area (Å²) in [7, 11) is 0. The van der Waals surface area contributed by atoms with E-state index in [9.17, 15) is 19.2 Å². The topological polar surface area (TPSA) is 117 Å². The predicted octanol–water partition coefficient (Wildman–Crippen LogP) is 3.01. The number of hydrogen-bond acceptors (Lipinski definition) is 7. The van der Waals surface area contributed by atoms with Gasteiger partial charge in [-0.25, -0.2) is 4.79 Å². The minimum absolute atomic E-state index is 0.0380. The molecular weight excluding hydrogens is 442 g/mol. The average molecular weight is 459 g/mol. The summed E-state index contributed by atoms with van der Waals surface area (Å²) in [6.07, 6.45) is 0.0380. The van der Waals surface area contributed by atoms with Crippen LogP contribution in [0.15, 0.2) is 66.0 Å². The zero-order chi connectivity index (χ0) is 23.4. The number of imide groups is 1. The molecule has 0 fully saturated rings. The SMILES string of the molecule is N#Cc1ccsc1NC(=O)COC(=O)[C@H](Cc1ccccc1)N1C(=O)c2ccccc2C1=O. The number of carbonyl (C=O) groups is 4. The van der Waals surface area contributed by atoms with Crippen molar-refractivity contribution in [3.05, 3.63) is 88.3 Å². The van der Waals surface area contributed by atoms with E-state index < -0.39 is 36.3 Å². The van der Waals surface area contributed by atoms with Crippen LogP contribution in [0.2, 0.25) is 0 Å². The van der Waals surface area contributed by atoms with Crippen LogP contribution in [-0.2, 0) is 20.7 Å². The van der Waals surface area contributed by atoms with Crippen molar-refractivity contribution < 1.29 is 23.9 Å². The Bertz CT molecular complexity index is 1240. The summed E-state index contributed by atoms with van der Waals surface area (Å²) in [5.74, 6) is -2.69. The van der Waals surface area contributed by atoms with Crippen LogP contribution in [0.3, 0.4) is 0 Å². The molecule has 2 heterocycles. The Hall–Kier alpha value is -4.29. The van der Waals surface area contributed by atoms with Gasteiger partial charge in [0.1, 0.15) is 17.1 Å². The second-order valence-electron chi connectivity index (χ2n) is 7.16. The van der Waals surface area contributed by atoms with Gasteiger partial charge in [-0.05, 0) is 29.1 Å². The molecular formula is C24H17N3O5S. The number of benzene rings is 2. The average Bonchev–Trinajstić information content (AvgIpc) is 3.38. The van der Waals surface area contributed by atoms with Gasteiger partial charge < -0.3 is 10.1 Å². The monoisotopic (exact) mass is 459 g/mol. The van der Waals surface area contributed by atoms with Crippen LogP contribution in [0.25, 0.3) is 0 Å². The minimum Gasteiger partial charge on any atom is -0.454 e. The Morgan fingerprint density at radius 1 is 1.00 bits per heavy atom. The predicted molar refractivity (Wildman–Crippen MR) is 119 cm³/mol. The smallest absolute Gasteiger partial charge is 0.330 e. The maximum atomic E-state index is 13.0. The molecule has 0 bridgehead atoms. The summed E-state index contributed by atoms with van der Waals surface area (Å²) < 4.78 is 5.19. The molecule has 1 atom stereocenters. The molecule has 8 nitrogen and oxygen atoms in total. The molecule has 1 aliphatic rings. The van der Waals surface area contributed by atoms with E-state index in [0.717, 1.165) is 10.5 Å². The molecule has 0 saturated heterocycles. The fraction of sp³-hybridized carbons (Fsp3) is 0.125. The van der Waals surface area contributed by atoms with E-state index in [2.05, 4.69) is 5.32 Å². The number of ether oxygens (including phenoxy) is 1. The van der Waals surface area contributed by atoms with Crippen LogP contribution in [-0.4, -0.2) is 41.2 Å². The van der Waals surface area contributed by atoms with E-state index in [0.29, 0.717) is 10.6 Å². The van der Waals surface area contributed by atoms with Gasteiger partial charge in [0.15, 0.2) is 6.61 Å². The Morgan fingerprint density at radius 3 is 2.27 bits per heavy atom. The van der Waals surface area contributed by atoms with Crippen molar-refractivity contribution in [3.63, 3.8) is 0 Å². The van der Waals surface area contributed by atoms with Gasteiger partial charge in [0.05, 0.1) is 16.7 Å². The standard InChI is InChI=1S/C24H17N3O5S/c25-13-16-10-11-33-21(16)26-20(28)14-32-24(31)19(12-15-6-2-1-3-7-15)27-22(29)17-8-4-5-9-18(17)23(27)30/h1-11,19H,12,14H2,(H,26,28)/t19-/m0/s1. The summed E-state index contributed by atoms with van der Waals surface area (Å²) in [6, 6.07) is 17.5. The molecule has 1 aromatic heterocycles. The van der Waals surface area contributed by atoms with Crippen LogP contribution in [0.4, 0.5) is 5.00 Å². The zero-order valence-corrected chi connectivity index (χ0v) is 18.0. The zero-order valence-electron chi connectivity index (χ0n) is 17.2. The second-order valence-corrected chi connectivity index (χ2v) is 8.08. The molecule has 4 rings (SSSR count). The van der Waals surface area contributed by atoms with Crippen LogP contribution in [0, 0.1) is 11.3 Å². The quantitative estimate of drug-likeness (QED) is 0.429. The molecule has 0 radical (unpaired) electrons. The third-order valence-electron chi connectivity index (χ3n) is 5.07. The highest BCUT2D eigenvalue weighted by Crippen LogP contribution is 2.27. The van der Waals surface area contributed by atoms with Crippen molar-refractivity contribution in [3.8, 4) is 6.07 Å². The molecule has 1 N–H and O–H groups in total. The lowest BCUT2D eigenvalue weighted by Gasteiger charge is -2.24. The summed E-state index contributed by atoms with van der Waals surface area (Å²) >= 11 is 1.17. The van der Waals surface area contributed by atoms with E-state index in [4.69, 9.17) is 10.00 Å². The number of rotatable bonds is 7.